The highest BCUT2D eigenvalue weighted by molar-refractivity contribution is 5.86. The molecule has 0 saturated heterocycles. The zero-order valence-corrected chi connectivity index (χ0v) is 24.7. The summed E-state index contributed by atoms with van der Waals surface area (Å²) in [4.78, 5) is 8.74. The molecule has 0 amide bonds. The van der Waals surface area contributed by atoms with Crippen LogP contribution in [0, 0.1) is 0 Å². The number of aromatic nitrogens is 2. The first-order chi connectivity index (χ1) is 23.1. The van der Waals surface area contributed by atoms with Gasteiger partial charge in [0, 0.05) is 11.1 Å². The molecule has 0 N–H and O–H groups in total. The van der Waals surface area contributed by atoms with Gasteiger partial charge in [-0.2, -0.15) is 26.3 Å². The van der Waals surface area contributed by atoms with Crippen molar-refractivity contribution in [2.45, 2.75) is 12.4 Å². The fraction of sp³-hybridized carbons (Fsp3) is 0.0526. The van der Waals surface area contributed by atoms with Crippen molar-refractivity contribution in [1.82, 2.24) is 9.97 Å². The zero-order chi connectivity index (χ0) is 33.5. The number of pyridine rings is 2. The SMILES string of the molecule is FC(F)(F)c1c(-c2cccc(-c3cc(-c4ccco4)nc(-c4ccccc4)c3C(F)(F)F)c2)cc(-c2ccco2)nc1-c1ccccc1. The lowest BCUT2D eigenvalue weighted by atomic mass is 9.90. The molecule has 4 nitrogen and oxygen atoms in total. The van der Waals surface area contributed by atoms with E-state index in [9.17, 15) is 0 Å². The lowest BCUT2D eigenvalue weighted by Gasteiger charge is -2.21. The Morgan fingerprint density at radius 2 is 0.812 bits per heavy atom. The molecule has 0 atom stereocenters. The summed E-state index contributed by atoms with van der Waals surface area (Å²) in [5.74, 6) is 0.449. The summed E-state index contributed by atoms with van der Waals surface area (Å²) in [5.41, 5.74) is -2.59. The second-order valence-corrected chi connectivity index (χ2v) is 10.8. The molecular weight excluding hydrogens is 630 g/mol. The fourth-order valence-electron chi connectivity index (χ4n) is 5.68. The van der Waals surface area contributed by atoms with Crippen molar-refractivity contribution < 1.29 is 35.2 Å². The molecule has 4 aromatic heterocycles. The van der Waals surface area contributed by atoms with Gasteiger partial charge < -0.3 is 8.83 Å². The van der Waals surface area contributed by atoms with Crippen LogP contribution in [0.1, 0.15) is 11.1 Å². The maximum Gasteiger partial charge on any atom is 0.419 e. The summed E-state index contributed by atoms with van der Waals surface area (Å²) in [6, 6.07) is 30.2. The van der Waals surface area contributed by atoms with E-state index in [4.69, 9.17) is 8.83 Å². The van der Waals surface area contributed by atoms with Crippen LogP contribution in [0.2, 0.25) is 0 Å². The first-order valence-electron chi connectivity index (χ1n) is 14.6. The number of benzene rings is 3. The number of alkyl halides is 6. The Bertz CT molecular complexity index is 2040. The van der Waals surface area contributed by atoms with Crippen LogP contribution < -0.4 is 0 Å². The minimum atomic E-state index is -4.88. The van der Waals surface area contributed by atoms with E-state index >= 15 is 26.3 Å². The summed E-state index contributed by atoms with van der Waals surface area (Å²) in [7, 11) is 0. The first-order valence-corrected chi connectivity index (χ1v) is 14.6. The Morgan fingerprint density at radius 3 is 1.17 bits per heavy atom. The van der Waals surface area contributed by atoms with Crippen LogP contribution in [0.15, 0.2) is 143 Å². The zero-order valence-electron chi connectivity index (χ0n) is 24.7. The van der Waals surface area contributed by atoms with Crippen LogP contribution in [0.3, 0.4) is 0 Å². The van der Waals surface area contributed by atoms with Crippen LogP contribution in [0.5, 0.6) is 0 Å². The standard InChI is InChI=1S/C38H22F6N2O2/c39-37(40,41)33-27(21-29(31-16-8-18-47-31)45-35(33)23-10-3-1-4-11-23)25-14-7-15-26(20-25)28-22-30(32-17-9-19-48-32)46-36(34(28)38(42,43)44)24-12-5-2-6-13-24/h1-22H. The highest BCUT2D eigenvalue weighted by Gasteiger charge is 2.40. The van der Waals surface area contributed by atoms with E-state index in [2.05, 4.69) is 9.97 Å². The minimum Gasteiger partial charge on any atom is -0.463 e. The third-order valence-corrected chi connectivity index (χ3v) is 7.73. The van der Waals surface area contributed by atoms with Crippen molar-refractivity contribution >= 4 is 0 Å². The minimum absolute atomic E-state index is 0.0259. The summed E-state index contributed by atoms with van der Waals surface area (Å²) < 4.78 is 101. The number of rotatable bonds is 6. The van der Waals surface area contributed by atoms with E-state index in [0.29, 0.717) is 0 Å². The van der Waals surface area contributed by atoms with Crippen LogP contribution in [0.4, 0.5) is 26.3 Å². The number of furan rings is 2. The van der Waals surface area contributed by atoms with Gasteiger partial charge >= 0.3 is 12.4 Å². The third-order valence-electron chi connectivity index (χ3n) is 7.73. The maximum absolute atomic E-state index is 15.0. The van der Waals surface area contributed by atoms with Crippen LogP contribution in [0.25, 0.3) is 67.7 Å². The molecule has 48 heavy (non-hydrogen) atoms. The van der Waals surface area contributed by atoms with Crippen LogP contribution in [-0.2, 0) is 12.4 Å². The molecule has 0 saturated carbocycles. The van der Waals surface area contributed by atoms with Gasteiger partial charge in [-0.05, 0) is 64.7 Å². The first kappa shape index (κ1) is 30.7. The third kappa shape index (κ3) is 5.88. The predicted octanol–water partition coefficient (Wildman–Crippen LogP) is 11.7. The van der Waals surface area contributed by atoms with Crippen molar-refractivity contribution in [3.8, 4) is 67.7 Å². The van der Waals surface area contributed by atoms with E-state index in [1.54, 1.807) is 60.7 Å². The van der Waals surface area contributed by atoms with Gasteiger partial charge in [-0.3, -0.25) is 0 Å². The maximum atomic E-state index is 15.0. The average molecular weight is 653 g/mol. The quantitative estimate of drug-likeness (QED) is 0.168. The fourth-order valence-corrected chi connectivity index (χ4v) is 5.68. The number of hydrogen-bond donors (Lipinski definition) is 0. The Hall–Kier alpha value is -5.90. The molecule has 0 spiro atoms. The largest absolute Gasteiger partial charge is 0.463 e. The Kier molecular flexibility index (Phi) is 7.71. The van der Waals surface area contributed by atoms with Crippen LogP contribution >= 0.6 is 0 Å². The van der Waals surface area contributed by atoms with Crippen molar-refractivity contribution in [2.75, 3.05) is 0 Å². The topological polar surface area (TPSA) is 52.1 Å². The van der Waals surface area contributed by atoms with E-state index in [-0.39, 0.29) is 67.7 Å². The molecule has 7 aromatic rings. The molecule has 0 unspecified atom stereocenters. The van der Waals surface area contributed by atoms with Crippen molar-refractivity contribution in [3.63, 3.8) is 0 Å². The molecule has 10 heteroatoms. The summed E-state index contributed by atoms with van der Waals surface area (Å²) in [6.45, 7) is 0. The number of halogens is 6. The molecular formula is C38H22F6N2O2. The Balaban J connectivity index is 1.52. The van der Waals surface area contributed by atoms with Gasteiger partial charge in [0.05, 0.1) is 35.0 Å². The van der Waals surface area contributed by atoms with E-state index in [0.717, 1.165) is 0 Å². The van der Waals surface area contributed by atoms with Gasteiger partial charge in [-0.15, -0.1) is 0 Å². The molecule has 0 aliphatic heterocycles. The van der Waals surface area contributed by atoms with Crippen molar-refractivity contribution in [1.29, 1.82) is 0 Å². The van der Waals surface area contributed by atoms with Gasteiger partial charge in [0.1, 0.15) is 11.4 Å². The second kappa shape index (κ2) is 12.0. The Morgan fingerprint density at radius 1 is 0.417 bits per heavy atom. The second-order valence-electron chi connectivity index (χ2n) is 10.8. The summed E-state index contributed by atoms with van der Waals surface area (Å²) in [5, 5.41) is 0. The molecule has 0 aliphatic carbocycles. The van der Waals surface area contributed by atoms with E-state index < -0.39 is 23.5 Å². The van der Waals surface area contributed by atoms with Crippen LogP contribution in [-0.4, -0.2) is 9.97 Å². The molecule has 7 rings (SSSR count). The van der Waals surface area contributed by atoms with Gasteiger partial charge in [0.25, 0.3) is 0 Å². The lowest BCUT2D eigenvalue weighted by Crippen LogP contribution is -2.12. The van der Waals surface area contributed by atoms with E-state index in [1.165, 1.54) is 73.2 Å². The molecule has 3 aromatic carbocycles. The molecule has 0 fully saturated rings. The average Bonchev–Trinajstić information content (AvgIpc) is 3.83. The molecule has 0 bridgehead atoms. The van der Waals surface area contributed by atoms with Gasteiger partial charge in [0.15, 0.2) is 11.5 Å². The molecule has 238 valence electrons. The molecule has 4 heterocycles. The van der Waals surface area contributed by atoms with Crippen molar-refractivity contribution in [3.05, 3.63) is 145 Å². The highest BCUT2D eigenvalue weighted by atomic mass is 19.4. The predicted molar refractivity (Wildman–Crippen MR) is 169 cm³/mol. The normalized spacial score (nSPS) is 12.0. The monoisotopic (exact) mass is 652 g/mol. The summed E-state index contributed by atoms with van der Waals surface area (Å²) >= 11 is 0. The van der Waals surface area contributed by atoms with Crippen molar-refractivity contribution in [2.24, 2.45) is 0 Å². The van der Waals surface area contributed by atoms with Gasteiger partial charge in [-0.25, -0.2) is 9.97 Å². The lowest BCUT2D eigenvalue weighted by molar-refractivity contribution is -0.137. The number of hydrogen-bond acceptors (Lipinski definition) is 4. The Labute approximate surface area is 270 Å². The number of nitrogens with zero attached hydrogens (tertiary/aromatic N) is 2. The molecule has 0 radical (unpaired) electrons. The van der Waals surface area contributed by atoms with Gasteiger partial charge in [-0.1, -0.05) is 78.9 Å². The van der Waals surface area contributed by atoms with E-state index in [1.807, 2.05) is 0 Å². The smallest absolute Gasteiger partial charge is 0.419 e. The highest BCUT2D eigenvalue weighted by Crippen LogP contribution is 2.47. The summed E-state index contributed by atoms with van der Waals surface area (Å²) in [6.07, 6.45) is -7.02. The molecule has 0 aliphatic rings. The van der Waals surface area contributed by atoms with Gasteiger partial charge in [0.2, 0.25) is 0 Å².